The van der Waals surface area contributed by atoms with Crippen LogP contribution in [-0.4, -0.2) is 28.8 Å². The number of rotatable bonds is 5. The molecule has 64 valence electrons. The lowest BCUT2D eigenvalue weighted by molar-refractivity contribution is -0.138. The Morgan fingerprint density at radius 2 is 2.09 bits per heavy atom. The third-order valence-electron chi connectivity index (χ3n) is 1.20. The molecule has 0 aliphatic heterocycles. The number of aliphatic carboxylic acids is 1. The van der Waals surface area contributed by atoms with Gasteiger partial charge in [0.1, 0.15) is 11.8 Å². The van der Waals surface area contributed by atoms with Gasteiger partial charge in [-0.3, -0.25) is 9.59 Å². The summed E-state index contributed by atoms with van der Waals surface area (Å²) in [4.78, 5) is 20.7. The van der Waals surface area contributed by atoms with Crippen molar-refractivity contribution >= 4 is 23.4 Å². The molecule has 0 saturated heterocycles. The van der Waals surface area contributed by atoms with E-state index in [-0.39, 0.29) is 24.5 Å². The van der Waals surface area contributed by atoms with Crippen molar-refractivity contribution in [1.29, 1.82) is 0 Å². The summed E-state index contributed by atoms with van der Waals surface area (Å²) in [5.74, 6) is -1.34. The average molecular weight is 180 g/mol. The van der Waals surface area contributed by atoms with Gasteiger partial charge in [0.15, 0.2) is 0 Å². The predicted molar refractivity (Wildman–Crippen MR) is 40.6 cm³/mol. The van der Waals surface area contributed by atoms with Crippen LogP contribution in [0.3, 0.4) is 0 Å². The summed E-state index contributed by atoms with van der Waals surface area (Å²) >= 11 is 5.18. The smallest absolute Gasteiger partial charge is 0.320 e. The molecule has 0 aromatic rings. The lowest BCUT2D eigenvalue weighted by atomic mass is 10.1. The van der Waals surface area contributed by atoms with E-state index in [0.717, 1.165) is 0 Å². The largest absolute Gasteiger partial charge is 0.480 e. The van der Waals surface area contributed by atoms with Crippen molar-refractivity contribution in [2.75, 3.05) is 5.88 Å². The zero-order chi connectivity index (χ0) is 8.85. The van der Waals surface area contributed by atoms with E-state index in [1.165, 1.54) is 0 Å². The van der Waals surface area contributed by atoms with E-state index in [4.69, 9.17) is 22.4 Å². The summed E-state index contributed by atoms with van der Waals surface area (Å²) in [6.45, 7) is 0. The molecule has 0 aromatic heterocycles. The molecule has 4 nitrogen and oxygen atoms in total. The number of alkyl halides is 1. The molecule has 0 bridgehead atoms. The van der Waals surface area contributed by atoms with Crippen molar-refractivity contribution in [2.24, 2.45) is 5.73 Å². The van der Waals surface area contributed by atoms with Crippen molar-refractivity contribution < 1.29 is 14.7 Å². The summed E-state index contributed by atoms with van der Waals surface area (Å²) in [5.41, 5.74) is 5.12. The van der Waals surface area contributed by atoms with Crippen molar-refractivity contribution in [1.82, 2.24) is 0 Å². The predicted octanol–water partition coefficient (Wildman–Crippen LogP) is -0.0136. The van der Waals surface area contributed by atoms with Crippen LogP contribution in [0.15, 0.2) is 0 Å². The van der Waals surface area contributed by atoms with Gasteiger partial charge in [-0.1, -0.05) is 0 Å². The monoisotopic (exact) mass is 179 g/mol. The maximum absolute atomic E-state index is 10.6. The number of carbonyl (C=O) groups excluding carboxylic acids is 1. The number of carboxylic acid groups (broad SMARTS) is 1. The summed E-state index contributed by atoms with van der Waals surface area (Å²) in [6, 6.07) is -0.956. The van der Waals surface area contributed by atoms with E-state index in [2.05, 4.69) is 0 Å². The maximum Gasteiger partial charge on any atom is 0.320 e. The number of nitrogens with two attached hydrogens (primary N) is 1. The van der Waals surface area contributed by atoms with E-state index in [9.17, 15) is 9.59 Å². The molecule has 1 atom stereocenters. The minimum atomic E-state index is -1.09. The molecular weight excluding hydrogens is 170 g/mol. The molecule has 0 rings (SSSR count). The Morgan fingerprint density at radius 1 is 1.55 bits per heavy atom. The van der Waals surface area contributed by atoms with Crippen LogP contribution >= 0.6 is 11.6 Å². The molecule has 0 amide bonds. The Morgan fingerprint density at radius 3 is 2.45 bits per heavy atom. The normalized spacial score (nSPS) is 12.5. The van der Waals surface area contributed by atoms with Crippen molar-refractivity contribution in [3.63, 3.8) is 0 Å². The van der Waals surface area contributed by atoms with Gasteiger partial charge in [0, 0.05) is 6.42 Å². The van der Waals surface area contributed by atoms with Crippen LogP contribution in [0.25, 0.3) is 0 Å². The Kier molecular flexibility index (Phi) is 4.81. The SMILES string of the molecule is NC(CCC(=O)CCl)C(=O)O. The highest BCUT2D eigenvalue weighted by molar-refractivity contribution is 6.27. The van der Waals surface area contributed by atoms with Gasteiger partial charge in [0.25, 0.3) is 0 Å². The van der Waals surface area contributed by atoms with E-state index in [0.29, 0.717) is 0 Å². The molecule has 11 heavy (non-hydrogen) atoms. The van der Waals surface area contributed by atoms with Gasteiger partial charge < -0.3 is 10.8 Å². The van der Waals surface area contributed by atoms with Crippen LogP contribution in [0.5, 0.6) is 0 Å². The van der Waals surface area contributed by atoms with Crippen LogP contribution in [0.2, 0.25) is 0 Å². The lowest BCUT2D eigenvalue weighted by Gasteiger charge is -2.02. The summed E-state index contributed by atoms with van der Waals surface area (Å²) < 4.78 is 0. The van der Waals surface area contributed by atoms with E-state index >= 15 is 0 Å². The van der Waals surface area contributed by atoms with Gasteiger partial charge in [0.2, 0.25) is 0 Å². The Hall–Kier alpha value is -0.610. The molecule has 0 fully saturated rings. The van der Waals surface area contributed by atoms with Gasteiger partial charge in [-0.05, 0) is 6.42 Å². The Bertz CT molecular complexity index is 160. The second-order valence-corrected chi connectivity index (χ2v) is 2.42. The molecular formula is C6H10ClNO3. The second-order valence-electron chi connectivity index (χ2n) is 2.16. The highest BCUT2D eigenvalue weighted by atomic mass is 35.5. The van der Waals surface area contributed by atoms with Gasteiger partial charge in [-0.2, -0.15) is 0 Å². The molecule has 0 aromatic carbocycles. The average Bonchev–Trinajstić information content (AvgIpc) is 1.99. The minimum Gasteiger partial charge on any atom is -0.480 e. The zero-order valence-corrected chi connectivity index (χ0v) is 6.67. The second kappa shape index (κ2) is 5.09. The van der Waals surface area contributed by atoms with E-state index < -0.39 is 12.0 Å². The number of ketones is 1. The van der Waals surface area contributed by atoms with Crippen LogP contribution in [0, 0.1) is 0 Å². The Balaban J connectivity index is 3.54. The molecule has 5 heteroatoms. The first-order chi connectivity index (χ1) is 5.07. The molecule has 0 aliphatic rings. The number of Topliss-reactive ketones (excluding diaryl/α,β-unsaturated/α-hetero) is 1. The molecule has 3 N–H and O–H groups in total. The van der Waals surface area contributed by atoms with E-state index in [1.54, 1.807) is 0 Å². The van der Waals surface area contributed by atoms with Crippen molar-refractivity contribution in [3.8, 4) is 0 Å². The van der Waals surface area contributed by atoms with Gasteiger partial charge >= 0.3 is 5.97 Å². The fraction of sp³-hybridized carbons (Fsp3) is 0.667. The number of carboxylic acids is 1. The fourth-order valence-electron chi connectivity index (χ4n) is 0.507. The molecule has 0 spiro atoms. The van der Waals surface area contributed by atoms with Crippen LogP contribution in [0.4, 0.5) is 0 Å². The quantitative estimate of drug-likeness (QED) is 0.582. The fourth-order valence-corrected chi connectivity index (χ4v) is 0.640. The standard InChI is InChI=1S/C6H10ClNO3/c7-3-4(9)1-2-5(8)6(10)11/h5H,1-3,8H2,(H,10,11). The first kappa shape index (κ1) is 10.4. The molecule has 0 radical (unpaired) electrons. The van der Waals surface area contributed by atoms with E-state index in [1.807, 2.05) is 0 Å². The van der Waals surface area contributed by atoms with Gasteiger partial charge in [-0.25, -0.2) is 0 Å². The Labute approximate surface area is 69.3 Å². The number of hydrogen-bond donors (Lipinski definition) is 2. The summed E-state index contributed by atoms with van der Waals surface area (Å²) in [5, 5.41) is 8.30. The molecule has 0 heterocycles. The topological polar surface area (TPSA) is 80.4 Å². The van der Waals surface area contributed by atoms with Crippen LogP contribution in [0.1, 0.15) is 12.8 Å². The third kappa shape index (κ3) is 4.75. The van der Waals surface area contributed by atoms with Crippen LogP contribution < -0.4 is 5.73 Å². The zero-order valence-electron chi connectivity index (χ0n) is 5.92. The number of halogens is 1. The van der Waals surface area contributed by atoms with Crippen molar-refractivity contribution in [2.45, 2.75) is 18.9 Å². The highest BCUT2D eigenvalue weighted by Crippen LogP contribution is 1.96. The van der Waals surface area contributed by atoms with Crippen molar-refractivity contribution in [3.05, 3.63) is 0 Å². The minimum absolute atomic E-state index is 0.0770. The highest BCUT2D eigenvalue weighted by Gasteiger charge is 2.12. The maximum atomic E-state index is 10.6. The summed E-state index contributed by atoms with van der Waals surface area (Å²) in [6.07, 6.45) is 0.290. The first-order valence-corrected chi connectivity index (χ1v) is 3.67. The lowest BCUT2D eigenvalue weighted by Crippen LogP contribution is -2.30. The van der Waals surface area contributed by atoms with Gasteiger partial charge in [0.05, 0.1) is 5.88 Å². The van der Waals surface area contributed by atoms with Crippen LogP contribution in [-0.2, 0) is 9.59 Å². The number of carbonyl (C=O) groups is 2. The summed E-state index contributed by atoms with van der Waals surface area (Å²) in [7, 11) is 0. The molecule has 0 aliphatic carbocycles. The third-order valence-corrected chi connectivity index (χ3v) is 1.50. The first-order valence-electron chi connectivity index (χ1n) is 3.14. The van der Waals surface area contributed by atoms with Gasteiger partial charge in [-0.15, -0.1) is 11.6 Å². The molecule has 0 saturated carbocycles. The molecule has 1 unspecified atom stereocenters. The number of hydrogen-bond acceptors (Lipinski definition) is 3.